The summed E-state index contributed by atoms with van der Waals surface area (Å²) in [4.78, 5) is 10.6. The van der Waals surface area contributed by atoms with Crippen molar-refractivity contribution in [1.82, 2.24) is 9.62 Å². The van der Waals surface area contributed by atoms with Crippen LogP contribution >= 0.6 is 22.6 Å². The molecule has 0 aliphatic carbocycles. The number of rotatable bonds is 1. The molecular weight excluding hydrogens is 156 g/mol. The van der Waals surface area contributed by atoms with Crippen LogP contribution in [0.15, 0.2) is 0 Å². The van der Waals surface area contributed by atoms with E-state index in [1.54, 1.807) is 0 Å². The number of piperazine rings is 1. The van der Waals surface area contributed by atoms with Gasteiger partial charge in [-0.2, -0.15) is 0 Å². The van der Waals surface area contributed by atoms with Gasteiger partial charge in [0.15, 0.2) is 0 Å². The standard InChI is InChI=1S/C4H8N2OS2/c7-4-3-6(9-8)2-1-5-4/h8H,1-3H2,(H,5,7). The van der Waals surface area contributed by atoms with Crippen molar-refractivity contribution in [3.8, 4) is 0 Å². The van der Waals surface area contributed by atoms with Gasteiger partial charge in [0.25, 0.3) is 0 Å². The molecule has 1 heterocycles. The van der Waals surface area contributed by atoms with Crippen LogP contribution in [0.5, 0.6) is 0 Å². The van der Waals surface area contributed by atoms with Crippen LogP contribution in [0.3, 0.4) is 0 Å². The molecule has 9 heavy (non-hydrogen) atoms. The van der Waals surface area contributed by atoms with Crippen molar-refractivity contribution in [1.29, 1.82) is 0 Å². The van der Waals surface area contributed by atoms with Crippen LogP contribution in [0, 0.1) is 0 Å². The molecule has 0 aromatic carbocycles. The van der Waals surface area contributed by atoms with Crippen molar-refractivity contribution in [2.24, 2.45) is 0 Å². The minimum Gasteiger partial charge on any atom is -0.354 e. The number of hydrogen-bond donors (Lipinski definition) is 2. The lowest BCUT2D eigenvalue weighted by molar-refractivity contribution is -0.122. The molecule has 1 fully saturated rings. The molecule has 1 aliphatic rings. The second kappa shape index (κ2) is 3.34. The Morgan fingerprint density at radius 3 is 3.00 bits per heavy atom. The third-order valence-electron chi connectivity index (χ3n) is 1.12. The van der Waals surface area contributed by atoms with E-state index < -0.39 is 0 Å². The Bertz CT molecular complexity index is 119. The number of nitrogens with zero attached hydrogens (tertiary/aromatic N) is 1. The second-order valence-corrected chi connectivity index (χ2v) is 2.96. The first-order valence-electron chi connectivity index (χ1n) is 2.66. The number of amides is 1. The zero-order valence-corrected chi connectivity index (χ0v) is 6.54. The van der Waals surface area contributed by atoms with E-state index in [4.69, 9.17) is 0 Å². The molecule has 1 N–H and O–H groups in total. The first kappa shape index (κ1) is 7.24. The van der Waals surface area contributed by atoms with Crippen LogP contribution in [0.25, 0.3) is 0 Å². The lowest BCUT2D eigenvalue weighted by Gasteiger charge is -2.22. The molecule has 1 saturated heterocycles. The Labute approximate surface area is 63.1 Å². The molecule has 0 unspecified atom stereocenters. The first-order chi connectivity index (χ1) is 4.33. The highest BCUT2D eigenvalue weighted by atomic mass is 33.1. The van der Waals surface area contributed by atoms with E-state index in [-0.39, 0.29) is 5.91 Å². The van der Waals surface area contributed by atoms with E-state index in [9.17, 15) is 4.79 Å². The van der Waals surface area contributed by atoms with E-state index >= 15 is 0 Å². The Morgan fingerprint density at radius 1 is 1.78 bits per heavy atom. The van der Waals surface area contributed by atoms with Crippen LogP contribution in [-0.2, 0) is 4.79 Å². The predicted molar refractivity (Wildman–Crippen MR) is 41.2 cm³/mol. The molecule has 0 aromatic heterocycles. The molecule has 0 spiro atoms. The lowest BCUT2D eigenvalue weighted by Crippen LogP contribution is -2.44. The van der Waals surface area contributed by atoms with E-state index in [0.29, 0.717) is 6.54 Å². The van der Waals surface area contributed by atoms with Gasteiger partial charge in [0.05, 0.1) is 6.54 Å². The summed E-state index contributed by atoms with van der Waals surface area (Å²) in [6, 6.07) is 0. The van der Waals surface area contributed by atoms with Crippen LogP contribution in [-0.4, -0.2) is 29.8 Å². The maximum atomic E-state index is 10.6. The molecule has 1 rings (SSSR count). The van der Waals surface area contributed by atoms with Gasteiger partial charge in [-0.3, -0.25) is 4.79 Å². The number of carbonyl (C=O) groups excluding carboxylic acids is 1. The summed E-state index contributed by atoms with van der Waals surface area (Å²) in [5.41, 5.74) is 0. The fourth-order valence-corrected chi connectivity index (χ4v) is 1.45. The highest BCUT2D eigenvalue weighted by Gasteiger charge is 2.14. The van der Waals surface area contributed by atoms with Crippen molar-refractivity contribution in [2.75, 3.05) is 19.6 Å². The van der Waals surface area contributed by atoms with Gasteiger partial charge >= 0.3 is 0 Å². The fourth-order valence-electron chi connectivity index (χ4n) is 0.685. The predicted octanol–water partition coefficient (Wildman–Crippen LogP) is -0.0888. The SMILES string of the molecule is O=C1CN(SS)CCN1. The highest BCUT2D eigenvalue weighted by molar-refractivity contribution is 8.67. The molecule has 0 aromatic rings. The van der Waals surface area contributed by atoms with Crippen molar-refractivity contribution in [3.05, 3.63) is 0 Å². The normalized spacial score (nSPS) is 21.7. The molecule has 5 heteroatoms. The summed E-state index contributed by atoms with van der Waals surface area (Å²) in [6.07, 6.45) is 0. The van der Waals surface area contributed by atoms with Crippen LogP contribution in [0.2, 0.25) is 0 Å². The Kier molecular flexibility index (Phi) is 2.68. The van der Waals surface area contributed by atoms with Gasteiger partial charge in [0.1, 0.15) is 0 Å². The van der Waals surface area contributed by atoms with Crippen molar-refractivity contribution in [2.45, 2.75) is 0 Å². The summed E-state index contributed by atoms with van der Waals surface area (Å²) >= 11 is 3.97. The summed E-state index contributed by atoms with van der Waals surface area (Å²) in [6.45, 7) is 2.10. The largest absolute Gasteiger partial charge is 0.354 e. The van der Waals surface area contributed by atoms with Crippen LogP contribution in [0.4, 0.5) is 0 Å². The minimum atomic E-state index is 0.0859. The number of nitrogens with one attached hydrogen (secondary N) is 1. The maximum Gasteiger partial charge on any atom is 0.235 e. The molecule has 0 saturated carbocycles. The smallest absolute Gasteiger partial charge is 0.235 e. The van der Waals surface area contributed by atoms with E-state index in [2.05, 4.69) is 17.0 Å². The fraction of sp³-hybridized carbons (Fsp3) is 0.750. The minimum absolute atomic E-state index is 0.0859. The molecular formula is C4H8N2OS2. The zero-order chi connectivity index (χ0) is 6.69. The third-order valence-corrected chi connectivity index (χ3v) is 2.35. The average molecular weight is 164 g/mol. The molecule has 0 bridgehead atoms. The van der Waals surface area contributed by atoms with E-state index in [1.165, 1.54) is 11.0 Å². The summed E-state index contributed by atoms with van der Waals surface area (Å²) < 4.78 is 1.90. The second-order valence-electron chi connectivity index (χ2n) is 1.80. The monoisotopic (exact) mass is 164 g/mol. The Morgan fingerprint density at radius 2 is 2.56 bits per heavy atom. The summed E-state index contributed by atoms with van der Waals surface area (Å²) in [7, 11) is 1.32. The lowest BCUT2D eigenvalue weighted by atomic mass is 10.4. The van der Waals surface area contributed by atoms with Gasteiger partial charge in [0.2, 0.25) is 5.91 Å². The van der Waals surface area contributed by atoms with Crippen molar-refractivity contribution >= 4 is 28.5 Å². The zero-order valence-electron chi connectivity index (χ0n) is 4.83. The topological polar surface area (TPSA) is 32.3 Å². The van der Waals surface area contributed by atoms with E-state index in [1.807, 2.05) is 4.31 Å². The maximum absolute atomic E-state index is 10.6. The average Bonchev–Trinajstić information content (AvgIpc) is 1.88. The molecule has 52 valence electrons. The molecule has 1 amide bonds. The van der Waals surface area contributed by atoms with Crippen LogP contribution < -0.4 is 5.32 Å². The Balaban J connectivity index is 2.32. The van der Waals surface area contributed by atoms with Crippen LogP contribution in [0.1, 0.15) is 0 Å². The van der Waals surface area contributed by atoms with Gasteiger partial charge in [0, 0.05) is 13.1 Å². The summed E-state index contributed by atoms with van der Waals surface area (Å²) in [5.74, 6) is 0.0859. The highest BCUT2D eigenvalue weighted by Crippen LogP contribution is 2.13. The summed E-state index contributed by atoms with van der Waals surface area (Å²) in [5, 5.41) is 2.72. The Hall–Kier alpha value is 0.130. The number of hydrogen-bond acceptors (Lipinski definition) is 4. The van der Waals surface area contributed by atoms with Crippen molar-refractivity contribution < 1.29 is 4.79 Å². The third kappa shape index (κ3) is 2.08. The number of thiol groups is 1. The van der Waals surface area contributed by atoms with Gasteiger partial charge in [-0.25, -0.2) is 4.31 Å². The molecule has 1 aliphatic heterocycles. The van der Waals surface area contributed by atoms with Gasteiger partial charge < -0.3 is 5.32 Å². The quantitative estimate of drug-likeness (QED) is 0.323. The molecule has 3 nitrogen and oxygen atoms in total. The molecule has 0 atom stereocenters. The van der Waals surface area contributed by atoms with Gasteiger partial charge in [-0.05, 0) is 11.0 Å². The van der Waals surface area contributed by atoms with Gasteiger partial charge in [-0.1, -0.05) is 11.7 Å². The molecule has 0 radical (unpaired) electrons. The number of carbonyl (C=O) groups is 1. The van der Waals surface area contributed by atoms with Crippen molar-refractivity contribution in [3.63, 3.8) is 0 Å². The van der Waals surface area contributed by atoms with Gasteiger partial charge in [-0.15, -0.1) is 0 Å². The van der Waals surface area contributed by atoms with E-state index in [0.717, 1.165) is 13.1 Å². The first-order valence-corrected chi connectivity index (χ1v) is 4.48.